The van der Waals surface area contributed by atoms with Crippen molar-refractivity contribution in [3.05, 3.63) is 118 Å². The Labute approximate surface area is 324 Å². The molecule has 4 aliphatic rings. The Bertz CT molecular complexity index is 1610. The van der Waals surface area contributed by atoms with Gasteiger partial charge >= 0.3 is 11.9 Å². The molecule has 0 aliphatic heterocycles. The number of rotatable bonds is 21. The predicted molar refractivity (Wildman–Crippen MR) is 211 cm³/mol. The van der Waals surface area contributed by atoms with Crippen LogP contribution < -0.4 is 9.47 Å². The summed E-state index contributed by atoms with van der Waals surface area (Å²) in [7, 11) is 0. The van der Waals surface area contributed by atoms with Crippen molar-refractivity contribution in [1.29, 1.82) is 0 Å². The number of ether oxygens (including phenoxy) is 4. The zero-order valence-corrected chi connectivity index (χ0v) is 32.2. The topological polar surface area (TPSA) is 71.1 Å². The standard InChI is InChI=1S/C45H52Cl2O6/c1-45(34-12-18-38(19-13-34)52-40-22-16-36(46)30-40,35-14-20-39(21-15-35)53-41-23-17-37(47)31-41)25-24-43(48)50-26-8-6-4-2-3-5-7-9-27-51-44(49)42-29-32-10-11-33(42)28-32/h10-23,30-33,40-42H,2-9,24-29H2,1H3. The molecule has 0 amide bonds. The summed E-state index contributed by atoms with van der Waals surface area (Å²) in [4.78, 5) is 25.3. The van der Waals surface area contributed by atoms with E-state index in [1.54, 1.807) is 0 Å². The first-order chi connectivity index (χ1) is 25.7. The number of esters is 2. The van der Waals surface area contributed by atoms with Gasteiger partial charge in [-0.25, -0.2) is 0 Å². The number of hydrogen-bond donors (Lipinski definition) is 0. The van der Waals surface area contributed by atoms with Gasteiger partial charge in [-0.3, -0.25) is 9.59 Å². The molecule has 53 heavy (non-hydrogen) atoms. The molecule has 1 saturated carbocycles. The molecule has 0 spiro atoms. The monoisotopic (exact) mass is 758 g/mol. The van der Waals surface area contributed by atoms with E-state index in [0.29, 0.717) is 48.0 Å². The molecule has 6 rings (SSSR count). The van der Waals surface area contributed by atoms with Gasteiger partial charge in [0.25, 0.3) is 0 Å². The molecule has 0 N–H and O–H groups in total. The average Bonchev–Trinajstić information content (AvgIpc) is 3.98. The van der Waals surface area contributed by atoms with Gasteiger partial charge < -0.3 is 18.9 Å². The average molecular weight is 760 g/mol. The van der Waals surface area contributed by atoms with Crippen LogP contribution in [0.25, 0.3) is 0 Å². The van der Waals surface area contributed by atoms with E-state index in [1.165, 1.54) is 12.8 Å². The van der Waals surface area contributed by atoms with Crippen LogP contribution in [0.15, 0.2) is 107 Å². The molecule has 1 fully saturated rings. The van der Waals surface area contributed by atoms with E-state index in [2.05, 4.69) is 43.3 Å². The molecule has 2 aromatic carbocycles. The molecule has 8 heteroatoms. The van der Waals surface area contributed by atoms with Gasteiger partial charge in [0.15, 0.2) is 0 Å². The molecular weight excluding hydrogens is 707 g/mol. The van der Waals surface area contributed by atoms with Crippen molar-refractivity contribution >= 4 is 35.1 Å². The fraction of sp³-hybridized carbons (Fsp3) is 0.467. The zero-order valence-electron chi connectivity index (χ0n) is 30.7. The molecule has 5 unspecified atom stereocenters. The van der Waals surface area contributed by atoms with Gasteiger partial charge in [0, 0.05) is 21.9 Å². The molecule has 6 nitrogen and oxygen atoms in total. The maximum Gasteiger partial charge on any atom is 0.309 e. The fourth-order valence-corrected chi connectivity index (χ4v) is 8.23. The van der Waals surface area contributed by atoms with Gasteiger partial charge in [0.05, 0.1) is 19.1 Å². The Morgan fingerprint density at radius 1 is 0.660 bits per heavy atom. The number of hydrogen-bond acceptors (Lipinski definition) is 6. The molecular formula is C45H52Cl2O6. The third-order valence-corrected chi connectivity index (χ3v) is 11.5. The minimum Gasteiger partial charge on any atom is -0.482 e. The Morgan fingerprint density at radius 2 is 1.17 bits per heavy atom. The summed E-state index contributed by atoms with van der Waals surface area (Å²) in [5.74, 6) is 2.41. The third-order valence-electron chi connectivity index (χ3n) is 11.0. The summed E-state index contributed by atoms with van der Waals surface area (Å²) in [5, 5.41) is 1.34. The first kappa shape index (κ1) is 39.0. The van der Waals surface area contributed by atoms with E-state index in [-0.39, 0.29) is 30.1 Å². The second-order valence-electron chi connectivity index (χ2n) is 15.0. The highest BCUT2D eigenvalue weighted by molar-refractivity contribution is 6.31. The van der Waals surface area contributed by atoms with Gasteiger partial charge in [-0.15, -0.1) is 0 Å². The summed E-state index contributed by atoms with van der Waals surface area (Å²) in [6.07, 6.45) is 26.9. The van der Waals surface area contributed by atoms with Crippen LogP contribution in [-0.2, 0) is 24.5 Å². The second-order valence-corrected chi connectivity index (χ2v) is 15.8. The van der Waals surface area contributed by atoms with E-state index in [1.807, 2.05) is 60.7 Å². The maximum atomic E-state index is 13.0. The molecule has 2 bridgehead atoms. The molecule has 5 atom stereocenters. The van der Waals surface area contributed by atoms with Crippen LogP contribution in [0.2, 0.25) is 0 Å². The second kappa shape index (κ2) is 19.0. The first-order valence-corrected chi connectivity index (χ1v) is 20.2. The summed E-state index contributed by atoms with van der Waals surface area (Å²) in [6, 6.07) is 16.1. The summed E-state index contributed by atoms with van der Waals surface area (Å²) in [6.45, 7) is 3.15. The molecule has 4 aliphatic carbocycles. The van der Waals surface area contributed by atoms with Crippen molar-refractivity contribution in [2.24, 2.45) is 17.8 Å². The van der Waals surface area contributed by atoms with Crippen LogP contribution in [-0.4, -0.2) is 37.4 Å². The fourth-order valence-electron chi connectivity index (χ4n) is 7.84. The number of fused-ring (bicyclic) bond motifs is 2. The molecule has 282 valence electrons. The molecule has 0 heterocycles. The van der Waals surface area contributed by atoms with Crippen LogP contribution in [0.4, 0.5) is 0 Å². The molecule has 2 aromatic rings. The van der Waals surface area contributed by atoms with Gasteiger partial charge in [-0.05, 0) is 116 Å². The first-order valence-electron chi connectivity index (χ1n) is 19.4. The minimum atomic E-state index is -0.460. The summed E-state index contributed by atoms with van der Waals surface area (Å²) < 4.78 is 23.4. The van der Waals surface area contributed by atoms with E-state index >= 15 is 0 Å². The number of allylic oxidation sites excluding steroid dienone is 6. The lowest BCUT2D eigenvalue weighted by Gasteiger charge is -2.31. The van der Waals surface area contributed by atoms with Crippen LogP contribution in [0, 0.1) is 17.8 Å². The SMILES string of the molecule is CC(CCC(=O)OCCCCCCCCCCOC(=O)C1CC2C=CC1C2)(c1ccc(OC2C=CC(Cl)=C2)cc1)c1ccc(OC2C=CC(Cl)=C2)cc1. The van der Waals surface area contributed by atoms with Crippen molar-refractivity contribution in [2.75, 3.05) is 13.2 Å². The van der Waals surface area contributed by atoms with E-state index < -0.39 is 5.41 Å². The minimum absolute atomic E-state index is 0.00677. The quantitative estimate of drug-likeness (QED) is 0.0717. The summed E-state index contributed by atoms with van der Waals surface area (Å²) >= 11 is 12.2. The molecule has 0 saturated heterocycles. The lowest BCUT2D eigenvalue weighted by Crippen LogP contribution is -2.25. The predicted octanol–water partition coefficient (Wildman–Crippen LogP) is 11.1. The van der Waals surface area contributed by atoms with Crippen LogP contribution in [0.3, 0.4) is 0 Å². The molecule has 0 aromatic heterocycles. The number of carbonyl (C=O) groups excluding carboxylic acids is 2. The largest absolute Gasteiger partial charge is 0.482 e. The van der Waals surface area contributed by atoms with Crippen LogP contribution in [0.1, 0.15) is 95.1 Å². The highest BCUT2D eigenvalue weighted by Gasteiger charge is 2.40. The Hall–Kier alpha value is -3.74. The highest BCUT2D eigenvalue weighted by Crippen LogP contribution is 2.44. The van der Waals surface area contributed by atoms with E-state index in [0.717, 1.165) is 74.0 Å². The van der Waals surface area contributed by atoms with Crippen molar-refractivity contribution in [2.45, 2.75) is 102 Å². The smallest absolute Gasteiger partial charge is 0.309 e. The number of benzene rings is 2. The number of unbranched alkanes of at least 4 members (excludes halogenated alkanes) is 7. The van der Waals surface area contributed by atoms with E-state index in [4.69, 9.17) is 42.1 Å². The van der Waals surface area contributed by atoms with Crippen molar-refractivity contribution in [1.82, 2.24) is 0 Å². The normalized spacial score (nSPS) is 23.5. The van der Waals surface area contributed by atoms with Gasteiger partial charge in [0.1, 0.15) is 23.7 Å². The van der Waals surface area contributed by atoms with Crippen molar-refractivity contribution in [3.8, 4) is 11.5 Å². The number of halogens is 2. The maximum absolute atomic E-state index is 13.0. The van der Waals surface area contributed by atoms with Gasteiger partial charge in [-0.1, -0.05) is 105 Å². The third kappa shape index (κ3) is 11.1. The number of carbonyl (C=O) groups is 2. The van der Waals surface area contributed by atoms with Crippen LogP contribution >= 0.6 is 23.2 Å². The lowest BCUT2D eigenvalue weighted by molar-refractivity contribution is -0.149. The zero-order chi connectivity index (χ0) is 37.0. The van der Waals surface area contributed by atoms with Crippen LogP contribution in [0.5, 0.6) is 11.5 Å². The Balaban J connectivity index is 0.899. The summed E-state index contributed by atoms with van der Waals surface area (Å²) in [5.41, 5.74) is 1.69. The Kier molecular flexibility index (Phi) is 14.0. The Morgan fingerprint density at radius 3 is 1.62 bits per heavy atom. The molecule has 0 radical (unpaired) electrons. The van der Waals surface area contributed by atoms with E-state index in [9.17, 15) is 9.59 Å². The van der Waals surface area contributed by atoms with Crippen molar-refractivity contribution in [3.63, 3.8) is 0 Å². The highest BCUT2D eigenvalue weighted by atomic mass is 35.5. The van der Waals surface area contributed by atoms with Gasteiger partial charge in [0.2, 0.25) is 0 Å². The lowest BCUT2D eigenvalue weighted by atomic mass is 9.73. The van der Waals surface area contributed by atoms with Gasteiger partial charge in [-0.2, -0.15) is 0 Å². The van der Waals surface area contributed by atoms with Crippen molar-refractivity contribution < 1.29 is 28.5 Å².